The van der Waals surface area contributed by atoms with Crippen molar-refractivity contribution >= 4 is 10.0 Å². The molecule has 0 saturated carbocycles. The molecule has 2 N–H and O–H groups in total. The Labute approximate surface area is 128 Å². The Bertz CT molecular complexity index is 551. The molecule has 0 aromatic carbocycles. The highest BCUT2D eigenvalue weighted by Crippen LogP contribution is 2.24. The number of H-pyrrole nitrogens is 1. The molecule has 1 unspecified atom stereocenters. The fourth-order valence-corrected chi connectivity index (χ4v) is 4.08. The summed E-state index contributed by atoms with van der Waals surface area (Å²) in [4.78, 5) is 0.307. The molecule has 122 valence electrons. The number of aryl methyl sites for hydroxylation is 1. The second-order valence-corrected chi connectivity index (χ2v) is 7.84. The second kappa shape index (κ2) is 7.38. The lowest BCUT2D eigenvalue weighted by Crippen LogP contribution is -2.36. The molecular weight excluding hydrogens is 288 g/mol. The molecule has 1 rings (SSSR count). The monoisotopic (exact) mass is 316 g/mol. The molecule has 0 saturated heterocycles. The van der Waals surface area contributed by atoms with E-state index >= 15 is 0 Å². The minimum atomic E-state index is -3.53. The van der Waals surface area contributed by atoms with E-state index in [1.54, 1.807) is 14.0 Å². The highest BCUT2D eigenvalue weighted by molar-refractivity contribution is 7.89. The third-order valence-electron chi connectivity index (χ3n) is 3.57. The van der Waals surface area contributed by atoms with Crippen molar-refractivity contribution in [3.63, 3.8) is 0 Å². The van der Waals surface area contributed by atoms with Crippen LogP contribution in [0.5, 0.6) is 0 Å². The van der Waals surface area contributed by atoms with E-state index in [0.29, 0.717) is 28.7 Å². The van der Waals surface area contributed by atoms with Crippen molar-refractivity contribution < 1.29 is 8.42 Å². The van der Waals surface area contributed by atoms with Crippen LogP contribution in [0, 0.1) is 12.8 Å². The molecule has 0 amide bonds. The quantitative estimate of drug-likeness (QED) is 0.767. The maximum atomic E-state index is 12.9. The van der Waals surface area contributed by atoms with E-state index in [9.17, 15) is 8.42 Å². The van der Waals surface area contributed by atoms with E-state index in [1.165, 1.54) is 4.31 Å². The summed E-state index contributed by atoms with van der Waals surface area (Å²) in [5, 5.41) is 10.0. The van der Waals surface area contributed by atoms with E-state index in [1.807, 2.05) is 13.8 Å². The van der Waals surface area contributed by atoms with Crippen molar-refractivity contribution in [2.24, 2.45) is 5.92 Å². The zero-order chi connectivity index (χ0) is 16.2. The highest BCUT2D eigenvalue weighted by atomic mass is 32.2. The Morgan fingerprint density at radius 1 is 1.33 bits per heavy atom. The summed E-state index contributed by atoms with van der Waals surface area (Å²) in [6.45, 7) is 11.1. The Hall–Kier alpha value is -0.920. The predicted octanol–water partition coefficient (Wildman–Crippen LogP) is 1.88. The summed E-state index contributed by atoms with van der Waals surface area (Å²) >= 11 is 0. The van der Waals surface area contributed by atoms with Crippen LogP contribution in [0.2, 0.25) is 0 Å². The first-order valence-corrected chi connectivity index (χ1v) is 8.88. The van der Waals surface area contributed by atoms with Crippen molar-refractivity contribution in [1.29, 1.82) is 0 Å². The van der Waals surface area contributed by atoms with Gasteiger partial charge >= 0.3 is 0 Å². The minimum Gasteiger partial charge on any atom is -0.311 e. The van der Waals surface area contributed by atoms with Gasteiger partial charge in [0, 0.05) is 19.6 Å². The zero-order valence-corrected chi connectivity index (χ0v) is 14.7. The first kappa shape index (κ1) is 18.1. The zero-order valence-electron chi connectivity index (χ0n) is 13.9. The normalized spacial score (nSPS) is 14.1. The van der Waals surface area contributed by atoms with Crippen molar-refractivity contribution in [2.75, 3.05) is 13.6 Å². The lowest BCUT2D eigenvalue weighted by Gasteiger charge is -2.25. The highest BCUT2D eigenvalue weighted by Gasteiger charge is 2.31. The van der Waals surface area contributed by atoms with Gasteiger partial charge in [-0.1, -0.05) is 20.8 Å². The van der Waals surface area contributed by atoms with E-state index in [2.05, 4.69) is 29.4 Å². The summed E-state index contributed by atoms with van der Waals surface area (Å²) in [6, 6.07) is -0.0451. The van der Waals surface area contributed by atoms with E-state index in [4.69, 9.17) is 0 Å². The van der Waals surface area contributed by atoms with E-state index < -0.39 is 10.0 Å². The van der Waals surface area contributed by atoms with Crippen molar-refractivity contribution in [3.05, 3.63) is 11.4 Å². The molecule has 0 aliphatic heterocycles. The van der Waals surface area contributed by atoms with Gasteiger partial charge in [0.15, 0.2) is 0 Å². The summed E-state index contributed by atoms with van der Waals surface area (Å²) in [6.07, 6.45) is 0.829. The molecule has 1 aromatic heterocycles. The maximum Gasteiger partial charge on any atom is 0.246 e. The average Bonchev–Trinajstić information content (AvgIpc) is 2.76. The molecule has 7 heteroatoms. The SMILES string of the molecule is CCNCc1n[nH]c(C)c1S(=O)(=O)N(C)C(C)CC(C)C. The van der Waals surface area contributed by atoms with Crippen LogP contribution in [0.25, 0.3) is 0 Å². The first-order chi connectivity index (χ1) is 9.71. The van der Waals surface area contributed by atoms with Gasteiger partial charge in [0.1, 0.15) is 4.90 Å². The number of sulfonamides is 1. The van der Waals surface area contributed by atoms with Gasteiger partial charge in [-0.15, -0.1) is 0 Å². The molecule has 0 radical (unpaired) electrons. The Morgan fingerprint density at radius 2 is 1.95 bits per heavy atom. The number of rotatable bonds is 8. The second-order valence-electron chi connectivity index (χ2n) is 5.90. The molecular formula is C14H28N4O2S. The number of nitrogens with one attached hydrogen (secondary N) is 2. The van der Waals surface area contributed by atoms with Crippen molar-refractivity contribution in [2.45, 2.75) is 58.5 Å². The van der Waals surface area contributed by atoms with Gasteiger partial charge in [0.25, 0.3) is 0 Å². The van der Waals surface area contributed by atoms with E-state index in [0.717, 1.165) is 13.0 Å². The number of nitrogens with zero attached hydrogens (tertiary/aromatic N) is 2. The summed E-state index contributed by atoms with van der Waals surface area (Å²) in [5.74, 6) is 0.448. The molecule has 0 aliphatic carbocycles. The number of aromatic amines is 1. The Morgan fingerprint density at radius 3 is 2.48 bits per heavy atom. The van der Waals surface area contributed by atoms with Crippen LogP contribution in [0.3, 0.4) is 0 Å². The summed E-state index contributed by atoms with van der Waals surface area (Å²) in [7, 11) is -1.89. The first-order valence-electron chi connectivity index (χ1n) is 7.44. The third kappa shape index (κ3) is 4.28. The fourth-order valence-electron chi connectivity index (χ4n) is 2.39. The molecule has 0 aliphatic rings. The Balaban J connectivity index is 3.09. The van der Waals surface area contributed by atoms with Crippen LogP contribution in [-0.2, 0) is 16.6 Å². The average molecular weight is 316 g/mol. The van der Waals surface area contributed by atoms with Crippen LogP contribution in [0.4, 0.5) is 0 Å². The summed E-state index contributed by atoms with van der Waals surface area (Å²) in [5.41, 5.74) is 1.14. The summed E-state index contributed by atoms with van der Waals surface area (Å²) < 4.78 is 27.2. The maximum absolute atomic E-state index is 12.9. The largest absolute Gasteiger partial charge is 0.311 e. The smallest absolute Gasteiger partial charge is 0.246 e. The van der Waals surface area contributed by atoms with Gasteiger partial charge in [0.2, 0.25) is 10.0 Å². The van der Waals surface area contributed by atoms with Crippen molar-refractivity contribution in [1.82, 2.24) is 19.8 Å². The van der Waals surface area contributed by atoms with Crippen LogP contribution in [-0.4, -0.2) is 42.6 Å². The number of hydrogen-bond donors (Lipinski definition) is 2. The van der Waals surface area contributed by atoms with Crippen LogP contribution < -0.4 is 5.32 Å². The van der Waals surface area contributed by atoms with Gasteiger partial charge in [-0.2, -0.15) is 9.40 Å². The Kier molecular flexibility index (Phi) is 6.37. The van der Waals surface area contributed by atoms with Gasteiger partial charge in [-0.3, -0.25) is 5.10 Å². The van der Waals surface area contributed by atoms with Gasteiger partial charge in [-0.25, -0.2) is 8.42 Å². The number of aromatic nitrogens is 2. The van der Waals surface area contributed by atoms with Crippen LogP contribution in [0.15, 0.2) is 4.90 Å². The van der Waals surface area contributed by atoms with Gasteiger partial charge in [-0.05, 0) is 32.7 Å². The molecule has 6 nitrogen and oxygen atoms in total. The molecule has 21 heavy (non-hydrogen) atoms. The van der Waals surface area contributed by atoms with E-state index in [-0.39, 0.29) is 6.04 Å². The van der Waals surface area contributed by atoms with Gasteiger partial charge < -0.3 is 5.32 Å². The fraction of sp³-hybridized carbons (Fsp3) is 0.786. The molecule has 0 bridgehead atoms. The minimum absolute atomic E-state index is 0.0451. The predicted molar refractivity (Wildman–Crippen MR) is 84.6 cm³/mol. The molecule has 0 fully saturated rings. The molecule has 0 spiro atoms. The molecule has 1 aromatic rings. The van der Waals surface area contributed by atoms with Crippen LogP contribution in [0.1, 0.15) is 45.5 Å². The van der Waals surface area contributed by atoms with Gasteiger partial charge in [0.05, 0.1) is 11.4 Å². The number of hydrogen-bond acceptors (Lipinski definition) is 4. The lowest BCUT2D eigenvalue weighted by molar-refractivity contribution is 0.337. The van der Waals surface area contributed by atoms with Crippen LogP contribution >= 0.6 is 0 Å². The molecule has 1 atom stereocenters. The van der Waals surface area contributed by atoms with Crippen molar-refractivity contribution in [3.8, 4) is 0 Å². The third-order valence-corrected chi connectivity index (χ3v) is 5.75. The topological polar surface area (TPSA) is 78.1 Å². The standard InChI is InChI=1S/C14H28N4O2S/c1-7-15-9-13-14(12(5)16-17-13)21(19,20)18(6)11(4)8-10(2)3/h10-11,15H,7-9H2,1-6H3,(H,16,17). The lowest BCUT2D eigenvalue weighted by atomic mass is 10.1. The molecule has 1 heterocycles.